The SMILES string of the molecule is CCCCCCCC(=O)C1CCCC(=N)C1. The number of carbonyl (C=O) groups is 1. The highest BCUT2D eigenvalue weighted by atomic mass is 16.1. The molecule has 0 saturated heterocycles. The van der Waals surface area contributed by atoms with Gasteiger partial charge in [-0.05, 0) is 32.1 Å². The number of carbonyl (C=O) groups excluding carboxylic acids is 1. The largest absolute Gasteiger partial charge is 0.310 e. The van der Waals surface area contributed by atoms with Gasteiger partial charge in [-0.2, -0.15) is 0 Å². The fourth-order valence-corrected chi connectivity index (χ4v) is 2.45. The zero-order valence-corrected chi connectivity index (χ0v) is 10.6. The van der Waals surface area contributed by atoms with Crippen LogP contribution < -0.4 is 0 Å². The highest BCUT2D eigenvalue weighted by molar-refractivity contribution is 5.90. The van der Waals surface area contributed by atoms with Gasteiger partial charge in [-0.1, -0.05) is 32.6 Å². The van der Waals surface area contributed by atoms with Crippen LogP contribution in [0.15, 0.2) is 0 Å². The van der Waals surface area contributed by atoms with Crippen LogP contribution in [-0.4, -0.2) is 11.5 Å². The molecular weight excluding hydrogens is 198 g/mol. The summed E-state index contributed by atoms with van der Waals surface area (Å²) in [4.78, 5) is 11.9. The number of Topliss-reactive ketones (excluding diaryl/α,β-unsaturated/α-hetero) is 1. The van der Waals surface area contributed by atoms with E-state index in [2.05, 4.69) is 6.92 Å². The van der Waals surface area contributed by atoms with Crippen LogP contribution in [0.25, 0.3) is 0 Å². The van der Waals surface area contributed by atoms with Crippen molar-refractivity contribution in [2.75, 3.05) is 0 Å². The standard InChI is InChI=1S/C14H25NO/c1-2-3-4-5-6-10-14(16)12-8-7-9-13(15)11-12/h12,15H,2-11H2,1H3. The number of hydrogen-bond donors (Lipinski definition) is 1. The molecule has 92 valence electrons. The third kappa shape index (κ3) is 4.91. The van der Waals surface area contributed by atoms with Crippen molar-refractivity contribution < 1.29 is 4.79 Å². The van der Waals surface area contributed by atoms with E-state index in [1.54, 1.807) is 0 Å². The predicted molar refractivity (Wildman–Crippen MR) is 68.1 cm³/mol. The zero-order chi connectivity index (χ0) is 11.8. The zero-order valence-electron chi connectivity index (χ0n) is 10.6. The van der Waals surface area contributed by atoms with E-state index < -0.39 is 0 Å². The Bertz CT molecular complexity index is 235. The van der Waals surface area contributed by atoms with E-state index in [0.717, 1.165) is 44.2 Å². The maximum Gasteiger partial charge on any atom is 0.136 e. The molecule has 1 N–H and O–H groups in total. The summed E-state index contributed by atoms with van der Waals surface area (Å²) in [5.74, 6) is 0.605. The van der Waals surface area contributed by atoms with Gasteiger partial charge in [0.15, 0.2) is 0 Å². The molecule has 1 atom stereocenters. The second-order valence-electron chi connectivity index (χ2n) is 5.03. The molecule has 0 aromatic heterocycles. The number of rotatable bonds is 7. The fraction of sp³-hybridized carbons (Fsp3) is 0.857. The van der Waals surface area contributed by atoms with Crippen LogP contribution in [-0.2, 0) is 4.79 Å². The Morgan fingerprint density at radius 2 is 2.06 bits per heavy atom. The predicted octanol–water partition coefficient (Wildman–Crippen LogP) is 4.13. The first-order chi connectivity index (χ1) is 7.74. The third-order valence-electron chi connectivity index (χ3n) is 3.51. The van der Waals surface area contributed by atoms with E-state index in [4.69, 9.17) is 5.41 Å². The van der Waals surface area contributed by atoms with E-state index in [0.29, 0.717) is 5.78 Å². The van der Waals surface area contributed by atoms with Crippen molar-refractivity contribution in [1.82, 2.24) is 0 Å². The van der Waals surface area contributed by atoms with Crippen molar-refractivity contribution in [2.45, 2.75) is 71.1 Å². The lowest BCUT2D eigenvalue weighted by Gasteiger charge is -2.21. The summed E-state index contributed by atoms with van der Waals surface area (Å²) in [6.45, 7) is 2.21. The molecule has 1 unspecified atom stereocenters. The molecule has 1 rings (SSSR count). The lowest BCUT2D eigenvalue weighted by molar-refractivity contribution is -0.123. The Labute approximate surface area is 99.3 Å². The van der Waals surface area contributed by atoms with Gasteiger partial charge in [-0.3, -0.25) is 4.79 Å². The normalized spacial score (nSPS) is 21.1. The molecule has 0 amide bonds. The summed E-state index contributed by atoms with van der Waals surface area (Å²) in [6.07, 6.45) is 10.6. The van der Waals surface area contributed by atoms with Gasteiger partial charge in [0.1, 0.15) is 5.78 Å². The topological polar surface area (TPSA) is 40.9 Å². The van der Waals surface area contributed by atoms with Crippen molar-refractivity contribution in [2.24, 2.45) is 5.92 Å². The van der Waals surface area contributed by atoms with Crippen LogP contribution in [0.2, 0.25) is 0 Å². The molecule has 0 bridgehead atoms. The molecular formula is C14H25NO. The summed E-state index contributed by atoms with van der Waals surface area (Å²) in [6, 6.07) is 0. The van der Waals surface area contributed by atoms with Crippen LogP contribution in [0.3, 0.4) is 0 Å². The Morgan fingerprint density at radius 1 is 1.31 bits per heavy atom. The van der Waals surface area contributed by atoms with Gasteiger partial charge in [0.2, 0.25) is 0 Å². The lowest BCUT2D eigenvalue weighted by Crippen LogP contribution is -2.22. The molecule has 0 spiro atoms. The van der Waals surface area contributed by atoms with Crippen LogP contribution in [0.1, 0.15) is 71.1 Å². The Morgan fingerprint density at radius 3 is 2.75 bits per heavy atom. The monoisotopic (exact) mass is 223 g/mol. The minimum absolute atomic E-state index is 0.187. The Balaban J connectivity index is 2.11. The van der Waals surface area contributed by atoms with Gasteiger partial charge < -0.3 is 5.41 Å². The average molecular weight is 223 g/mol. The fourth-order valence-electron chi connectivity index (χ4n) is 2.45. The molecule has 0 heterocycles. The van der Waals surface area contributed by atoms with Gasteiger partial charge in [-0.15, -0.1) is 0 Å². The molecule has 0 radical (unpaired) electrons. The maximum atomic E-state index is 11.9. The molecule has 0 aromatic carbocycles. The van der Waals surface area contributed by atoms with Crippen LogP contribution in [0.4, 0.5) is 0 Å². The maximum absolute atomic E-state index is 11.9. The van der Waals surface area contributed by atoms with Crippen LogP contribution in [0, 0.1) is 11.3 Å². The van der Waals surface area contributed by atoms with E-state index >= 15 is 0 Å². The molecule has 2 heteroatoms. The van der Waals surface area contributed by atoms with Crippen molar-refractivity contribution in [1.29, 1.82) is 5.41 Å². The molecule has 16 heavy (non-hydrogen) atoms. The van der Waals surface area contributed by atoms with Crippen molar-refractivity contribution in [3.8, 4) is 0 Å². The third-order valence-corrected chi connectivity index (χ3v) is 3.51. The molecule has 1 aliphatic rings. The summed E-state index contributed by atoms with van der Waals surface area (Å²) in [5.41, 5.74) is 0.788. The van der Waals surface area contributed by atoms with Gasteiger partial charge in [-0.25, -0.2) is 0 Å². The van der Waals surface area contributed by atoms with Gasteiger partial charge in [0.05, 0.1) is 0 Å². The highest BCUT2D eigenvalue weighted by Gasteiger charge is 2.22. The smallest absolute Gasteiger partial charge is 0.136 e. The van der Waals surface area contributed by atoms with E-state index in [1.165, 1.54) is 25.7 Å². The second-order valence-corrected chi connectivity index (χ2v) is 5.03. The van der Waals surface area contributed by atoms with Crippen molar-refractivity contribution in [3.05, 3.63) is 0 Å². The summed E-state index contributed by atoms with van der Waals surface area (Å²) in [7, 11) is 0. The average Bonchev–Trinajstić information content (AvgIpc) is 2.28. The number of nitrogens with one attached hydrogen (secondary N) is 1. The minimum atomic E-state index is 0.187. The number of ketones is 1. The molecule has 0 aliphatic heterocycles. The van der Waals surface area contributed by atoms with Crippen molar-refractivity contribution in [3.63, 3.8) is 0 Å². The number of hydrogen-bond acceptors (Lipinski definition) is 2. The second kappa shape index (κ2) is 7.59. The Kier molecular flexibility index (Phi) is 6.36. The van der Waals surface area contributed by atoms with E-state index in [-0.39, 0.29) is 5.92 Å². The molecule has 1 fully saturated rings. The van der Waals surface area contributed by atoms with Gasteiger partial charge >= 0.3 is 0 Å². The van der Waals surface area contributed by atoms with E-state index in [9.17, 15) is 4.79 Å². The van der Waals surface area contributed by atoms with Crippen LogP contribution in [0.5, 0.6) is 0 Å². The quantitative estimate of drug-likeness (QED) is 0.648. The van der Waals surface area contributed by atoms with Crippen LogP contribution >= 0.6 is 0 Å². The van der Waals surface area contributed by atoms with E-state index in [1.807, 2.05) is 0 Å². The summed E-state index contributed by atoms with van der Waals surface area (Å²) >= 11 is 0. The summed E-state index contributed by atoms with van der Waals surface area (Å²) in [5, 5.41) is 7.63. The summed E-state index contributed by atoms with van der Waals surface area (Å²) < 4.78 is 0. The Hall–Kier alpha value is -0.660. The van der Waals surface area contributed by atoms with Crippen molar-refractivity contribution >= 4 is 11.5 Å². The molecule has 1 aliphatic carbocycles. The first-order valence-corrected chi connectivity index (χ1v) is 6.83. The molecule has 2 nitrogen and oxygen atoms in total. The van der Waals surface area contributed by atoms with Gasteiger partial charge in [0, 0.05) is 18.1 Å². The molecule has 0 aromatic rings. The number of unbranched alkanes of at least 4 members (excludes halogenated alkanes) is 4. The molecule has 1 saturated carbocycles. The first-order valence-electron chi connectivity index (χ1n) is 6.83. The highest BCUT2D eigenvalue weighted by Crippen LogP contribution is 2.24. The lowest BCUT2D eigenvalue weighted by atomic mass is 9.83. The van der Waals surface area contributed by atoms with Gasteiger partial charge in [0.25, 0.3) is 0 Å². The first kappa shape index (κ1) is 13.4. The minimum Gasteiger partial charge on any atom is -0.310 e.